The first-order valence-corrected chi connectivity index (χ1v) is 14.0. The van der Waals surface area contributed by atoms with Crippen molar-refractivity contribution in [3.63, 3.8) is 0 Å². The molecule has 3 N–H and O–H groups in total. The predicted octanol–water partition coefficient (Wildman–Crippen LogP) is 5.17. The van der Waals surface area contributed by atoms with E-state index in [0.717, 1.165) is 37.0 Å². The number of nitrogen functional groups attached to an aromatic ring is 1. The minimum Gasteiger partial charge on any atom is -0.382 e. The van der Waals surface area contributed by atoms with Crippen molar-refractivity contribution in [1.29, 1.82) is 0 Å². The molecule has 3 aromatic heterocycles. The van der Waals surface area contributed by atoms with Gasteiger partial charge in [0.25, 0.3) is 5.91 Å². The number of alkyl halides is 3. The summed E-state index contributed by atoms with van der Waals surface area (Å²) in [5.41, 5.74) is 7.47. The van der Waals surface area contributed by atoms with Crippen molar-refractivity contribution in [2.75, 3.05) is 30.8 Å². The number of halogens is 3. The Morgan fingerprint density at radius 1 is 1.12 bits per heavy atom. The maximum Gasteiger partial charge on any atom is 0.416 e. The number of nitrogens with one attached hydrogen (secondary N) is 1. The van der Waals surface area contributed by atoms with Crippen LogP contribution in [0.25, 0.3) is 16.8 Å². The molecule has 43 heavy (non-hydrogen) atoms. The fourth-order valence-electron chi connectivity index (χ4n) is 5.33. The molecule has 4 aromatic rings. The Hall–Kier alpha value is -4.52. The van der Waals surface area contributed by atoms with Crippen LogP contribution < -0.4 is 11.1 Å². The molecule has 1 aliphatic heterocycles. The van der Waals surface area contributed by atoms with Crippen LogP contribution >= 0.6 is 0 Å². The van der Waals surface area contributed by atoms with Crippen molar-refractivity contribution >= 4 is 29.0 Å². The molecule has 1 aromatic carbocycles. The van der Waals surface area contributed by atoms with Gasteiger partial charge in [-0.25, -0.2) is 15.0 Å². The first-order chi connectivity index (χ1) is 20.6. The van der Waals surface area contributed by atoms with E-state index in [4.69, 9.17) is 15.5 Å². The lowest BCUT2D eigenvalue weighted by molar-refractivity contribution is -0.138. The summed E-state index contributed by atoms with van der Waals surface area (Å²) < 4.78 is 46.4. The van der Waals surface area contributed by atoms with Gasteiger partial charge in [-0.3, -0.25) is 14.0 Å². The summed E-state index contributed by atoms with van der Waals surface area (Å²) in [4.78, 5) is 40.7. The topological polar surface area (TPSA) is 128 Å². The summed E-state index contributed by atoms with van der Waals surface area (Å²) in [6.07, 6.45) is 1.80. The molecule has 2 amide bonds. The zero-order valence-electron chi connectivity index (χ0n) is 23.8. The molecule has 5 rings (SSSR count). The molecule has 4 heterocycles. The number of likely N-dealkylation sites (tertiary alicyclic amines) is 1. The molecule has 1 fully saturated rings. The van der Waals surface area contributed by atoms with Gasteiger partial charge in [0, 0.05) is 54.8 Å². The summed E-state index contributed by atoms with van der Waals surface area (Å²) in [7, 11) is 0. The molecular weight excluding hydrogens is 563 g/mol. The smallest absolute Gasteiger partial charge is 0.382 e. The standard InChI is InChI=1S/C30H32F3N7O3/c1-3-43-15-11-24(41)40-17-21(5-4-18(40)2)28-38-25(26-27(34)36-13-14-39(26)28)19-6-8-20(9-7-19)29(42)37-23-16-22(10-12-35-23)30(31,32)33/h6-10,12-14,16,18,21H,3-5,11,15,17H2,1-2H3,(H2,34,36)(H,35,37,42)/t18-,21+/m1/s1. The Labute approximate surface area is 246 Å². The van der Waals surface area contributed by atoms with Gasteiger partial charge in [-0.05, 0) is 51.0 Å². The normalized spacial score (nSPS) is 17.3. The van der Waals surface area contributed by atoms with Crippen LogP contribution in [-0.4, -0.2) is 61.9 Å². The monoisotopic (exact) mass is 595 g/mol. The molecule has 226 valence electrons. The van der Waals surface area contributed by atoms with Gasteiger partial charge in [-0.1, -0.05) is 12.1 Å². The number of carbonyl (C=O) groups is 2. The van der Waals surface area contributed by atoms with Gasteiger partial charge in [0.15, 0.2) is 0 Å². The fourth-order valence-corrected chi connectivity index (χ4v) is 5.33. The average molecular weight is 596 g/mol. The van der Waals surface area contributed by atoms with Gasteiger partial charge in [-0.15, -0.1) is 0 Å². The van der Waals surface area contributed by atoms with Gasteiger partial charge in [0.1, 0.15) is 28.7 Å². The van der Waals surface area contributed by atoms with Crippen LogP contribution in [0, 0.1) is 0 Å². The van der Waals surface area contributed by atoms with Crippen LogP contribution in [0.4, 0.5) is 24.8 Å². The van der Waals surface area contributed by atoms with Crippen molar-refractivity contribution < 1.29 is 27.5 Å². The van der Waals surface area contributed by atoms with Crippen molar-refractivity contribution in [3.8, 4) is 11.3 Å². The van der Waals surface area contributed by atoms with E-state index in [-0.39, 0.29) is 35.1 Å². The van der Waals surface area contributed by atoms with E-state index >= 15 is 0 Å². The summed E-state index contributed by atoms with van der Waals surface area (Å²) in [6, 6.07) is 8.21. The number of aromatic nitrogens is 4. The molecule has 13 heteroatoms. The molecule has 0 bridgehead atoms. The van der Waals surface area contributed by atoms with Crippen molar-refractivity contribution in [2.45, 2.75) is 51.2 Å². The SMILES string of the molecule is CCOCCC(=O)N1C[C@@H](c2nc(-c3ccc(C(=O)Nc4cc(C(F)(F)F)ccn4)cc3)c3c(N)nccn23)CC[C@H]1C. The highest BCUT2D eigenvalue weighted by Crippen LogP contribution is 2.35. The van der Waals surface area contributed by atoms with Gasteiger partial charge in [0.2, 0.25) is 5.91 Å². The highest BCUT2D eigenvalue weighted by molar-refractivity contribution is 6.04. The van der Waals surface area contributed by atoms with Crippen molar-refractivity contribution in [1.82, 2.24) is 24.3 Å². The summed E-state index contributed by atoms with van der Waals surface area (Å²) in [5.74, 6) is 0.219. The van der Waals surface area contributed by atoms with Gasteiger partial charge < -0.3 is 20.7 Å². The zero-order chi connectivity index (χ0) is 30.7. The molecule has 0 spiro atoms. The van der Waals surface area contributed by atoms with Gasteiger partial charge >= 0.3 is 6.18 Å². The Morgan fingerprint density at radius 3 is 2.60 bits per heavy atom. The molecule has 1 aliphatic rings. The quantitative estimate of drug-likeness (QED) is 0.269. The maximum absolute atomic E-state index is 13.0. The van der Waals surface area contributed by atoms with E-state index in [2.05, 4.69) is 15.3 Å². The lowest BCUT2D eigenvalue weighted by Gasteiger charge is -2.37. The molecule has 0 unspecified atom stereocenters. The number of pyridine rings is 1. The van der Waals surface area contributed by atoms with Crippen molar-refractivity contribution in [3.05, 3.63) is 71.9 Å². The minimum atomic E-state index is -4.56. The first-order valence-electron chi connectivity index (χ1n) is 14.0. The van der Waals surface area contributed by atoms with Gasteiger partial charge in [0.05, 0.1) is 18.6 Å². The number of piperidine rings is 1. The maximum atomic E-state index is 13.0. The number of nitrogens with zero attached hydrogens (tertiary/aromatic N) is 5. The third-order valence-electron chi connectivity index (χ3n) is 7.59. The molecule has 0 radical (unpaired) electrons. The summed E-state index contributed by atoms with van der Waals surface area (Å²) >= 11 is 0. The minimum absolute atomic E-state index is 0.0414. The zero-order valence-corrected chi connectivity index (χ0v) is 23.8. The number of fused-ring (bicyclic) bond motifs is 1. The van der Waals surface area contributed by atoms with E-state index in [1.54, 1.807) is 36.7 Å². The second kappa shape index (κ2) is 12.4. The fraction of sp³-hybridized carbons (Fsp3) is 0.367. The van der Waals surface area contributed by atoms with Crippen LogP contribution in [0.15, 0.2) is 55.0 Å². The molecule has 1 saturated heterocycles. The van der Waals surface area contributed by atoms with E-state index in [9.17, 15) is 22.8 Å². The van der Waals surface area contributed by atoms with E-state index in [0.29, 0.717) is 43.0 Å². The summed E-state index contributed by atoms with van der Waals surface area (Å²) in [6.45, 7) is 5.39. The number of amides is 2. The van der Waals surface area contributed by atoms with Crippen LogP contribution in [0.5, 0.6) is 0 Å². The molecule has 0 aliphatic carbocycles. The Kier molecular flexibility index (Phi) is 8.62. The second-order valence-corrected chi connectivity index (χ2v) is 10.4. The molecule has 10 nitrogen and oxygen atoms in total. The summed E-state index contributed by atoms with van der Waals surface area (Å²) in [5, 5.41) is 2.41. The number of ether oxygens (including phenoxy) is 1. The average Bonchev–Trinajstić information content (AvgIpc) is 3.38. The molecular formula is C30H32F3N7O3. The number of anilines is 2. The lowest BCUT2D eigenvalue weighted by Crippen LogP contribution is -2.45. The van der Waals surface area contributed by atoms with Crippen LogP contribution in [0.3, 0.4) is 0 Å². The number of imidazole rings is 1. The molecule has 2 atom stereocenters. The predicted molar refractivity (Wildman–Crippen MR) is 154 cm³/mol. The van der Waals surface area contributed by atoms with Gasteiger partial charge in [-0.2, -0.15) is 13.2 Å². The number of hydrogen-bond donors (Lipinski definition) is 2. The third-order valence-corrected chi connectivity index (χ3v) is 7.59. The lowest BCUT2D eigenvalue weighted by atomic mass is 9.92. The highest BCUT2D eigenvalue weighted by atomic mass is 19.4. The van der Waals surface area contributed by atoms with Crippen LogP contribution in [0.2, 0.25) is 0 Å². The first kappa shape index (κ1) is 30.0. The Balaban J connectivity index is 1.40. The number of carbonyl (C=O) groups excluding carboxylic acids is 2. The van der Waals surface area contributed by atoms with Crippen LogP contribution in [0.1, 0.15) is 60.8 Å². The van der Waals surface area contributed by atoms with E-state index < -0.39 is 17.6 Å². The van der Waals surface area contributed by atoms with E-state index in [1.807, 2.05) is 23.1 Å². The third kappa shape index (κ3) is 6.46. The number of rotatable bonds is 8. The second-order valence-electron chi connectivity index (χ2n) is 10.4. The Morgan fingerprint density at radius 2 is 1.88 bits per heavy atom. The van der Waals surface area contributed by atoms with E-state index in [1.165, 1.54) is 0 Å². The molecule has 0 saturated carbocycles. The largest absolute Gasteiger partial charge is 0.416 e. The van der Waals surface area contributed by atoms with Crippen molar-refractivity contribution in [2.24, 2.45) is 0 Å². The Bertz CT molecular complexity index is 1620. The number of nitrogens with two attached hydrogens (primary N) is 1. The highest BCUT2D eigenvalue weighted by Gasteiger charge is 2.33. The number of hydrogen-bond acceptors (Lipinski definition) is 7. The number of benzene rings is 1. The van der Waals surface area contributed by atoms with Crippen LogP contribution in [-0.2, 0) is 15.7 Å².